The maximum atomic E-state index is 10.4. The van der Waals surface area contributed by atoms with Crippen LogP contribution in [0.25, 0.3) is 0 Å². The van der Waals surface area contributed by atoms with E-state index in [4.69, 9.17) is 5.26 Å². The van der Waals surface area contributed by atoms with Crippen LogP contribution in [-0.4, -0.2) is 29.1 Å². The van der Waals surface area contributed by atoms with Crippen LogP contribution in [0.4, 0.5) is 0 Å². The summed E-state index contributed by atoms with van der Waals surface area (Å²) < 4.78 is 0. The summed E-state index contributed by atoms with van der Waals surface area (Å²) in [5.41, 5.74) is 0.954. The molecule has 0 aliphatic carbocycles. The fourth-order valence-corrected chi connectivity index (χ4v) is 3.19. The number of aliphatic hydroxyl groups is 1. The van der Waals surface area contributed by atoms with Gasteiger partial charge in [-0.1, -0.05) is 30.3 Å². The molecule has 1 aromatic carbocycles. The van der Waals surface area contributed by atoms with Gasteiger partial charge in [0.1, 0.15) is 0 Å². The Morgan fingerprint density at radius 3 is 2.73 bits per heavy atom. The highest BCUT2D eigenvalue weighted by Gasteiger charge is 2.28. The van der Waals surface area contributed by atoms with Gasteiger partial charge in [-0.05, 0) is 37.8 Å². The molecule has 1 aliphatic heterocycles. The van der Waals surface area contributed by atoms with E-state index in [0.717, 1.165) is 24.9 Å². The second-order valence-corrected chi connectivity index (χ2v) is 5.98. The molecule has 22 heavy (non-hydrogen) atoms. The number of hydrogen-bond acceptors (Lipinski definition) is 4. The molecule has 1 aliphatic rings. The summed E-state index contributed by atoms with van der Waals surface area (Å²) in [7, 11) is 0. The molecule has 4 heteroatoms. The van der Waals surface area contributed by atoms with Crippen molar-refractivity contribution in [3.8, 4) is 12.1 Å². The van der Waals surface area contributed by atoms with Crippen LogP contribution in [0.1, 0.15) is 43.8 Å². The molecule has 0 aromatic heterocycles. The Morgan fingerprint density at radius 2 is 2.05 bits per heavy atom. The van der Waals surface area contributed by atoms with E-state index >= 15 is 0 Å². The van der Waals surface area contributed by atoms with E-state index in [9.17, 15) is 10.4 Å². The number of rotatable bonds is 7. The lowest BCUT2D eigenvalue weighted by molar-refractivity contribution is 0.116. The highest BCUT2D eigenvalue weighted by Crippen LogP contribution is 2.28. The molecular weight excluding hydrogens is 274 g/mol. The standard InChI is InChI=1S/C18H23N3O/c19-10-4-6-15(13-20)14-21-11-5-9-17(21)12-18(22)16-7-2-1-3-8-16/h1-3,7-8,15,17-18,22H,4-6,9,11-12,14H2. The fourth-order valence-electron chi connectivity index (χ4n) is 3.19. The number of hydrogen-bond donors (Lipinski definition) is 1. The van der Waals surface area contributed by atoms with Crippen molar-refractivity contribution in [3.05, 3.63) is 35.9 Å². The Labute approximate surface area is 132 Å². The van der Waals surface area contributed by atoms with E-state index in [0.29, 0.717) is 31.8 Å². The zero-order valence-electron chi connectivity index (χ0n) is 12.9. The molecule has 2 rings (SSSR count). The zero-order valence-corrected chi connectivity index (χ0v) is 12.9. The Hall–Kier alpha value is -1.88. The van der Waals surface area contributed by atoms with Gasteiger partial charge in [0, 0.05) is 19.0 Å². The molecule has 1 heterocycles. The van der Waals surface area contributed by atoms with E-state index in [-0.39, 0.29) is 5.92 Å². The topological polar surface area (TPSA) is 71.0 Å². The van der Waals surface area contributed by atoms with Gasteiger partial charge in [0.15, 0.2) is 0 Å². The van der Waals surface area contributed by atoms with Gasteiger partial charge in [-0.3, -0.25) is 4.90 Å². The van der Waals surface area contributed by atoms with Crippen LogP contribution in [0.5, 0.6) is 0 Å². The summed E-state index contributed by atoms with van der Waals surface area (Å²) in [5, 5.41) is 28.3. The Balaban J connectivity index is 1.90. The Bertz CT molecular complexity index is 532. The first-order valence-electron chi connectivity index (χ1n) is 7.98. The summed E-state index contributed by atoms with van der Waals surface area (Å²) >= 11 is 0. The average Bonchev–Trinajstić information content (AvgIpc) is 2.99. The third kappa shape index (κ3) is 4.56. The highest BCUT2D eigenvalue weighted by atomic mass is 16.3. The number of nitrogens with zero attached hydrogens (tertiary/aromatic N) is 3. The molecule has 0 amide bonds. The maximum Gasteiger partial charge on any atom is 0.0805 e. The third-order valence-electron chi connectivity index (χ3n) is 4.42. The molecule has 116 valence electrons. The lowest BCUT2D eigenvalue weighted by Crippen LogP contribution is -2.34. The smallest absolute Gasteiger partial charge is 0.0805 e. The summed E-state index contributed by atoms with van der Waals surface area (Å²) in [6.07, 6.45) is 3.51. The van der Waals surface area contributed by atoms with Crippen molar-refractivity contribution < 1.29 is 5.11 Å². The van der Waals surface area contributed by atoms with Crippen molar-refractivity contribution in [1.29, 1.82) is 10.5 Å². The van der Waals surface area contributed by atoms with E-state index in [1.54, 1.807) is 0 Å². The molecule has 0 spiro atoms. The van der Waals surface area contributed by atoms with Crippen molar-refractivity contribution >= 4 is 0 Å². The van der Waals surface area contributed by atoms with Crippen molar-refractivity contribution in [2.75, 3.05) is 13.1 Å². The molecular formula is C18H23N3O. The molecule has 0 saturated carbocycles. The molecule has 0 radical (unpaired) electrons. The van der Waals surface area contributed by atoms with Crippen LogP contribution in [0.2, 0.25) is 0 Å². The third-order valence-corrected chi connectivity index (χ3v) is 4.42. The van der Waals surface area contributed by atoms with Gasteiger partial charge >= 0.3 is 0 Å². The molecule has 4 nitrogen and oxygen atoms in total. The van der Waals surface area contributed by atoms with Crippen LogP contribution < -0.4 is 0 Å². The van der Waals surface area contributed by atoms with E-state index in [1.165, 1.54) is 0 Å². The monoisotopic (exact) mass is 297 g/mol. The first kappa shape index (κ1) is 16.5. The van der Waals surface area contributed by atoms with E-state index in [2.05, 4.69) is 17.0 Å². The second kappa shape index (κ2) is 8.54. The quantitative estimate of drug-likeness (QED) is 0.839. The lowest BCUT2D eigenvalue weighted by atomic mass is 9.99. The molecule has 1 aromatic rings. The van der Waals surface area contributed by atoms with Crippen LogP contribution in [0.15, 0.2) is 30.3 Å². The van der Waals surface area contributed by atoms with Crippen LogP contribution in [0.3, 0.4) is 0 Å². The van der Waals surface area contributed by atoms with Crippen LogP contribution >= 0.6 is 0 Å². The number of aliphatic hydroxyl groups excluding tert-OH is 1. The molecule has 1 saturated heterocycles. The first-order chi connectivity index (χ1) is 10.7. The summed E-state index contributed by atoms with van der Waals surface area (Å²) in [5.74, 6) is -0.0888. The van der Waals surface area contributed by atoms with Crippen LogP contribution in [-0.2, 0) is 0 Å². The molecule has 1 fully saturated rings. The second-order valence-electron chi connectivity index (χ2n) is 5.98. The highest BCUT2D eigenvalue weighted by molar-refractivity contribution is 5.17. The Morgan fingerprint density at radius 1 is 1.27 bits per heavy atom. The van der Waals surface area contributed by atoms with Crippen LogP contribution in [0, 0.1) is 28.6 Å². The van der Waals surface area contributed by atoms with Gasteiger partial charge in [0.25, 0.3) is 0 Å². The average molecular weight is 297 g/mol. The van der Waals surface area contributed by atoms with Gasteiger partial charge in [-0.2, -0.15) is 10.5 Å². The minimum Gasteiger partial charge on any atom is -0.388 e. The largest absolute Gasteiger partial charge is 0.388 e. The molecule has 0 bridgehead atoms. The van der Waals surface area contributed by atoms with E-state index in [1.807, 2.05) is 30.3 Å². The summed E-state index contributed by atoms with van der Waals surface area (Å²) in [6.45, 7) is 1.70. The predicted octanol–water partition coefficient (Wildman–Crippen LogP) is 3.02. The fraction of sp³-hybridized carbons (Fsp3) is 0.556. The van der Waals surface area contributed by atoms with Gasteiger partial charge in [-0.25, -0.2) is 0 Å². The summed E-state index contributed by atoms with van der Waals surface area (Å²) in [4.78, 5) is 2.32. The van der Waals surface area contributed by atoms with Gasteiger partial charge in [0.2, 0.25) is 0 Å². The number of nitriles is 2. The SMILES string of the molecule is N#CCCC(C#N)CN1CCCC1CC(O)c1ccccc1. The first-order valence-corrected chi connectivity index (χ1v) is 7.98. The molecule has 3 atom stereocenters. The normalized spacial score (nSPS) is 21.0. The van der Waals surface area contributed by atoms with Crippen molar-refractivity contribution in [2.24, 2.45) is 5.92 Å². The number of benzene rings is 1. The minimum atomic E-state index is -0.452. The van der Waals surface area contributed by atoms with Gasteiger partial charge < -0.3 is 5.11 Å². The van der Waals surface area contributed by atoms with Gasteiger partial charge in [0.05, 0.1) is 24.2 Å². The predicted molar refractivity (Wildman–Crippen MR) is 84.6 cm³/mol. The molecule has 3 unspecified atom stereocenters. The van der Waals surface area contributed by atoms with Crippen molar-refractivity contribution in [3.63, 3.8) is 0 Å². The zero-order chi connectivity index (χ0) is 15.8. The van der Waals surface area contributed by atoms with Crippen molar-refractivity contribution in [1.82, 2.24) is 4.90 Å². The van der Waals surface area contributed by atoms with Crippen molar-refractivity contribution in [2.45, 2.75) is 44.2 Å². The minimum absolute atomic E-state index is 0.0888. The van der Waals surface area contributed by atoms with E-state index < -0.39 is 6.10 Å². The lowest BCUT2D eigenvalue weighted by Gasteiger charge is -2.28. The summed E-state index contributed by atoms with van der Waals surface area (Å²) in [6, 6.07) is 14.5. The Kier molecular flexibility index (Phi) is 6.40. The molecule has 1 N–H and O–H groups in total. The number of likely N-dealkylation sites (tertiary alicyclic amines) is 1. The maximum absolute atomic E-state index is 10.4. The van der Waals surface area contributed by atoms with Gasteiger partial charge in [-0.15, -0.1) is 0 Å².